The monoisotopic (exact) mass is 588 g/mol. The van der Waals surface area contributed by atoms with Crippen LogP contribution in [0.1, 0.15) is 56.1 Å². The summed E-state index contributed by atoms with van der Waals surface area (Å²) in [4.78, 5) is 18.0. The number of hydrogen-bond donors (Lipinski definition) is 2. The molecule has 1 unspecified atom stereocenters. The number of nitrogens with one attached hydrogen (secondary N) is 2. The molecule has 0 bridgehead atoms. The van der Waals surface area contributed by atoms with Crippen molar-refractivity contribution in [3.05, 3.63) is 102 Å². The molecule has 0 spiro atoms. The topological polar surface area (TPSA) is 81.8 Å². The lowest BCUT2D eigenvalue weighted by Gasteiger charge is -2.39. The predicted molar refractivity (Wildman–Crippen MR) is 168 cm³/mol. The Balaban J connectivity index is 1.19. The van der Waals surface area contributed by atoms with E-state index in [2.05, 4.69) is 46.1 Å². The van der Waals surface area contributed by atoms with E-state index < -0.39 is 10.0 Å². The van der Waals surface area contributed by atoms with E-state index in [0.29, 0.717) is 23.3 Å². The zero-order valence-corrected chi connectivity index (χ0v) is 25.4. The Morgan fingerprint density at radius 2 is 1.50 bits per heavy atom. The van der Waals surface area contributed by atoms with Gasteiger partial charge in [-0.05, 0) is 67.2 Å². The van der Waals surface area contributed by atoms with Crippen molar-refractivity contribution in [2.24, 2.45) is 5.92 Å². The number of hydrogen-bond acceptors (Lipinski definition) is 4. The fourth-order valence-electron chi connectivity index (χ4n) is 6.73. The van der Waals surface area contributed by atoms with E-state index in [0.717, 1.165) is 63.8 Å². The van der Waals surface area contributed by atoms with E-state index in [1.54, 1.807) is 24.3 Å². The van der Waals surface area contributed by atoms with Crippen molar-refractivity contribution in [1.29, 1.82) is 0 Å². The van der Waals surface area contributed by atoms with Crippen LogP contribution in [0.2, 0.25) is 0 Å². The van der Waals surface area contributed by atoms with Crippen LogP contribution < -0.4 is 10.0 Å². The Bertz CT molecular complexity index is 1360. The van der Waals surface area contributed by atoms with Crippen LogP contribution in [0.3, 0.4) is 0 Å². The highest BCUT2D eigenvalue weighted by molar-refractivity contribution is 7.89. The second-order valence-corrected chi connectivity index (χ2v) is 13.5. The lowest BCUT2D eigenvalue weighted by molar-refractivity contribution is 0.109. The minimum absolute atomic E-state index is 0.0210. The van der Waals surface area contributed by atoms with Gasteiger partial charge in [0.1, 0.15) is 0 Å². The highest BCUT2D eigenvalue weighted by atomic mass is 32.2. The molecular formula is C34H44N4O3S. The zero-order valence-electron chi connectivity index (χ0n) is 24.6. The van der Waals surface area contributed by atoms with Gasteiger partial charge in [0.25, 0.3) is 0 Å². The van der Waals surface area contributed by atoms with Gasteiger partial charge in [0.15, 0.2) is 0 Å². The first-order valence-electron chi connectivity index (χ1n) is 15.4. The zero-order chi connectivity index (χ0) is 29.4. The fourth-order valence-corrected chi connectivity index (χ4v) is 8.01. The molecule has 2 fully saturated rings. The second kappa shape index (κ2) is 14.3. The number of urea groups is 1. The number of benzene rings is 3. The molecule has 5 rings (SSSR count). The molecule has 0 radical (unpaired) electrons. The predicted octanol–water partition coefficient (Wildman–Crippen LogP) is 5.61. The number of nitrogens with zero attached hydrogens (tertiary/aromatic N) is 2. The smallest absolute Gasteiger partial charge is 0.317 e. The summed E-state index contributed by atoms with van der Waals surface area (Å²) in [5.74, 6) is 0.654. The second-order valence-electron chi connectivity index (χ2n) is 11.7. The van der Waals surface area contributed by atoms with Gasteiger partial charge in [-0.3, -0.25) is 0 Å². The van der Waals surface area contributed by atoms with Crippen molar-refractivity contribution in [3.8, 4) is 0 Å². The van der Waals surface area contributed by atoms with Crippen molar-refractivity contribution >= 4 is 16.1 Å². The van der Waals surface area contributed by atoms with Crippen LogP contribution in [0.4, 0.5) is 4.79 Å². The van der Waals surface area contributed by atoms with Gasteiger partial charge in [0.2, 0.25) is 10.0 Å². The average molecular weight is 589 g/mol. The maximum absolute atomic E-state index is 13.2. The van der Waals surface area contributed by atoms with E-state index in [1.165, 1.54) is 5.56 Å². The van der Waals surface area contributed by atoms with Crippen LogP contribution in [-0.4, -0.2) is 62.5 Å². The molecule has 1 aliphatic heterocycles. The number of carbonyl (C=O) groups excluding carboxylic acids is 1. The van der Waals surface area contributed by atoms with Gasteiger partial charge in [-0.15, -0.1) is 0 Å². The molecule has 2 N–H and O–H groups in total. The summed E-state index contributed by atoms with van der Waals surface area (Å²) in [5, 5.41) is 3.13. The highest BCUT2D eigenvalue weighted by Gasteiger charge is 2.39. The van der Waals surface area contributed by atoms with E-state index in [4.69, 9.17) is 0 Å². The third-order valence-electron chi connectivity index (χ3n) is 8.80. The van der Waals surface area contributed by atoms with Gasteiger partial charge < -0.3 is 15.1 Å². The van der Waals surface area contributed by atoms with Gasteiger partial charge in [-0.25, -0.2) is 17.9 Å². The Kier molecular flexibility index (Phi) is 10.3. The van der Waals surface area contributed by atoms with Crippen LogP contribution in [-0.2, 0) is 16.6 Å². The molecule has 224 valence electrons. The van der Waals surface area contributed by atoms with Crippen molar-refractivity contribution in [1.82, 2.24) is 19.8 Å². The van der Waals surface area contributed by atoms with Crippen LogP contribution in [0.15, 0.2) is 95.9 Å². The van der Waals surface area contributed by atoms with Crippen LogP contribution in [0.5, 0.6) is 0 Å². The Morgan fingerprint density at radius 3 is 2.14 bits per heavy atom. The summed E-state index contributed by atoms with van der Waals surface area (Å²) in [5.41, 5.74) is 2.38. The minimum atomic E-state index is -3.57. The molecule has 3 aromatic rings. The molecule has 8 heteroatoms. The van der Waals surface area contributed by atoms with E-state index in [9.17, 15) is 13.2 Å². The molecule has 1 saturated carbocycles. The lowest BCUT2D eigenvalue weighted by Crippen LogP contribution is -2.51. The highest BCUT2D eigenvalue weighted by Crippen LogP contribution is 2.41. The van der Waals surface area contributed by atoms with Crippen molar-refractivity contribution in [3.63, 3.8) is 0 Å². The van der Waals surface area contributed by atoms with E-state index >= 15 is 0 Å². The summed E-state index contributed by atoms with van der Waals surface area (Å²) >= 11 is 0. The molecule has 3 atom stereocenters. The first-order valence-corrected chi connectivity index (χ1v) is 16.8. The Hall–Kier alpha value is -3.20. The molecule has 42 heavy (non-hydrogen) atoms. The fraction of sp³-hybridized carbons (Fsp3) is 0.441. The number of sulfonamides is 1. The molecule has 1 saturated heterocycles. The number of carbonyl (C=O) groups is 1. The molecule has 0 aromatic heterocycles. The van der Waals surface area contributed by atoms with Gasteiger partial charge >= 0.3 is 6.03 Å². The SMILES string of the molecule is CCCN(C(=O)NCc1ccccc1)C1CCN(C[C@H]2CC(NS(=O)(=O)c3ccccc3)C[C@@H]2c2ccccc2)CC1. The molecule has 3 aromatic carbocycles. The quantitative estimate of drug-likeness (QED) is 0.305. The third-order valence-corrected chi connectivity index (χ3v) is 10.3. The molecule has 1 heterocycles. The first kappa shape index (κ1) is 30.3. The largest absolute Gasteiger partial charge is 0.334 e. The minimum Gasteiger partial charge on any atom is -0.334 e. The normalized spacial score (nSPS) is 21.7. The summed E-state index contributed by atoms with van der Waals surface area (Å²) < 4.78 is 29.2. The van der Waals surface area contributed by atoms with Crippen LogP contribution in [0.25, 0.3) is 0 Å². The first-order chi connectivity index (χ1) is 20.4. The number of piperidine rings is 1. The summed E-state index contributed by atoms with van der Waals surface area (Å²) in [6.07, 6.45) is 4.44. The summed E-state index contributed by atoms with van der Waals surface area (Å²) in [6, 6.07) is 29.4. The standard InChI is InChI=1S/C34H44N4O3S/c1-2-20-38(34(39)35-25-27-12-6-3-7-13-27)31-18-21-37(22-19-31)26-29-23-30(24-33(29)28-14-8-4-9-15-28)36-42(40,41)32-16-10-5-11-17-32/h3-17,29-31,33,36H,2,18-26H2,1H3,(H,35,39)/t29-,30?,33-/m1/s1. The van der Waals surface area contributed by atoms with Gasteiger partial charge in [0.05, 0.1) is 4.90 Å². The van der Waals surface area contributed by atoms with Crippen molar-refractivity contribution in [2.75, 3.05) is 26.2 Å². The summed E-state index contributed by atoms with van der Waals surface area (Å²) in [7, 11) is -3.57. The maximum Gasteiger partial charge on any atom is 0.317 e. The van der Waals surface area contributed by atoms with Crippen LogP contribution >= 0.6 is 0 Å². The number of amides is 2. The molecule has 7 nitrogen and oxygen atoms in total. The third kappa shape index (κ3) is 7.79. The van der Waals surface area contributed by atoms with E-state index in [1.807, 2.05) is 47.4 Å². The molecule has 1 aliphatic carbocycles. The Labute approximate surface area is 251 Å². The van der Waals surface area contributed by atoms with Crippen molar-refractivity contribution in [2.45, 2.75) is 68.5 Å². The number of rotatable bonds is 11. The molecule has 2 amide bonds. The van der Waals surface area contributed by atoms with Gasteiger partial charge in [-0.1, -0.05) is 85.8 Å². The maximum atomic E-state index is 13.2. The van der Waals surface area contributed by atoms with Gasteiger partial charge in [0, 0.05) is 44.8 Å². The number of likely N-dealkylation sites (tertiary alicyclic amines) is 1. The van der Waals surface area contributed by atoms with Gasteiger partial charge in [-0.2, -0.15) is 0 Å². The van der Waals surface area contributed by atoms with E-state index in [-0.39, 0.29) is 18.1 Å². The molecule has 2 aliphatic rings. The average Bonchev–Trinajstić information content (AvgIpc) is 3.41. The summed E-state index contributed by atoms with van der Waals surface area (Å²) in [6.45, 7) is 6.23. The lowest BCUT2D eigenvalue weighted by atomic mass is 9.88. The van der Waals surface area contributed by atoms with Crippen LogP contribution in [0, 0.1) is 5.92 Å². The van der Waals surface area contributed by atoms with Crippen molar-refractivity contribution < 1.29 is 13.2 Å². The Morgan fingerprint density at radius 1 is 0.881 bits per heavy atom. The molecular weight excluding hydrogens is 544 g/mol.